The van der Waals surface area contributed by atoms with Crippen LogP contribution in [-0.4, -0.2) is 83.8 Å². The number of aryl methyl sites for hydroxylation is 1. The minimum atomic E-state index is -0.997. The highest BCUT2D eigenvalue weighted by molar-refractivity contribution is 5.98. The van der Waals surface area contributed by atoms with Gasteiger partial charge in [0.2, 0.25) is 23.6 Å². The number of primary amides is 1. The van der Waals surface area contributed by atoms with E-state index in [0.29, 0.717) is 58.2 Å². The lowest BCUT2D eigenvalue weighted by atomic mass is 9.93. The van der Waals surface area contributed by atoms with Crippen molar-refractivity contribution in [3.05, 3.63) is 71.8 Å². The fourth-order valence-corrected chi connectivity index (χ4v) is 6.82. The maximum Gasteiger partial charge on any atom is 0.243 e. The van der Waals surface area contributed by atoms with Crippen LogP contribution >= 0.6 is 0 Å². The van der Waals surface area contributed by atoms with Crippen molar-refractivity contribution < 1.29 is 28.7 Å². The molecular formula is C40H57N5O6. The van der Waals surface area contributed by atoms with Gasteiger partial charge in [-0.1, -0.05) is 88.4 Å². The number of nitrogens with zero attached hydrogens (tertiary/aromatic N) is 1. The van der Waals surface area contributed by atoms with E-state index in [1.807, 2.05) is 88.4 Å². The third kappa shape index (κ3) is 12.0. The third-order valence-corrected chi connectivity index (χ3v) is 9.92. The van der Waals surface area contributed by atoms with E-state index in [1.54, 1.807) is 6.92 Å². The zero-order valence-corrected chi connectivity index (χ0v) is 30.9. The fourth-order valence-electron chi connectivity index (χ4n) is 6.82. The first-order valence-corrected chi connectivity index (χ1v) is 18.5. The van der Waals surface area contributed by atoms with Gasteiger partial charge in [0.15, 0.2) is 5.78 Å². The Morgan fingerprint density at radius 1 is 0.765 bits per heavy atom. The number of nitrogens with two attached hydrogens (primary N) is 1. The van der Waals surface area contributed by atoms with Gasteiger partial charge in [0.1, 0.15) is 17.7 Å². The van der Waals surface area contributed by atoms with Crippen molar-refractivity contribution in [2.45, 2.75) is 109 Å². The Bertz CT molecular complexity index is 1470. The molecule has 2 aliphatic rings. The van der Waals surface area contributed by atoms with Crippen LogP contribution < -0.4 is 21.7 Å². The summed E-state index contributed by atoms with van der Waals surface area (Å²) in [7, 11) is 0. The van der Waals surface area contributed by atoms with Crippen LogP contribution in [0.2, 0.25) is 0 Å². The van der Waals surface area contributed by atoms with Gasteiger partial charge in [-0.05, 0) is 81.5 Å². The minimum Gasteiger partial charge on any atom is -0.369 e. The lowest BCUT2D eigenvalue weighted by Gasteiger charge is -2.37. The van der Waals surface area contributed by atoms with E-state index in [4.69, 9.17) is 10.5 Å². The van der Waals surface area contributed by atoms with Crippen molar-refractivity contribution in [2.75, 3.05) is 19.7 Å². The number of hydrogen-bond donors (Lipinski definition) is 4. The fraction of sp³-hybridized carbons (Fsp3) is 0.575. The summed E-state index contributed by atoms with van der Waals surface area (Å²) in [4.78, 5) is 69.5. The smallest absolute Gasteiger partial charge is 0.243 e. The molecule has 278 valence electrons. The maximum atomic E-state index is 14.2. The number of ether oxygens (including phenoxy) is 1. The third-order valence-electron chi connectivity index (χ3n) is 9.92. The van der Waals surface area contributed by atoms with E-state index in [2.05, 4.69) is 20.9 Å². The van der Waals surface area contributed by atoms with Crippen LogP contribution in [0.4, 0.5) is 0 Å². The Labute approximate surface area is 302 Å². The quantitative estimate of drug-likeness (QED) is 0.163. The first-order valence-electron chi connectivity index (χ1n) is 18.5. The Morgan fingerprint density at radius 2 is 1.25 bits per heavy atom. The highest BCUT2D eigenvalue weighted by atomic mass is 16.6. The number of epoxide rings is 1. The number of carbonyl (C=O) groups is 5. The number of hydrogen-bond acceptors (Lipinski definition) is 7. The molecule has 2 heterocycles. The number of Topliss-reactive ketones (excluding diaryl/α,β-unsaturated/α-hetero) is 1. The molecule has 2 aromatic carbocycles. The summed E-state index contributed by atoms with van der Waals surface area (Å²) >= 11 is 0. The molecule has 4 rings (SSSR count). The molecule has 11 heteroatoms. The summed E-state index contributed by atoms with van der Waals surface area (Å²) in [6.07, 6.45) is 3.32. The van der Waals surface area contributed by atoms with Crippen LogP contribution in [0.15, 0.2) is 60.7 Å². The second-order valence-corrected chi connectivity index (χ2v) is 15.3. The Hall–Kier alpha value is -4.09. The summed E-state index contributed by atoms with van der Waals surface area (Å²) in [5.74, 6) is -1.74. The number of piperidine rings is 1. The molecule has 2 aromatic rings. The molecule has 11 nitrogen and oxygen atoms in total. The number of benzene rings is 2. The summed E-state index contributed by atoms with van der Waals surface area (Å²) < 4.78 is 5.41. The lowest BCUT2D eigenvalue weighted by molar-refractivity contribution is -0.135. The van der Waals surface area contributed by atoms with Gasteiger partial charge in [-0.3, -0.25) is 28.9 Å². The van der Waals surface area contributed by atoms with Gasteiger partial charge in [-0.2, -0.15) is 0 Å². The number of amides is 4. The molecule has 0 aromatic heterocycles. The number of likely N-dealkylation sites (tertiary alicyclic amines) is 1. The molecule has 0 unspecified atom stereocenters. The van der Waals surface area contributed by atoms with Crippen LogP contribution in [0.5, 0.6) is 0 Å². The van der Waals surface area contributed by atoms with Gasteiger partial charge in [0.05, 0.1) is 18.7 Å². The van der Waals surface area contributed by atoms with E-state index in [9.17, 15) is 24.0 Å². The SMILES string of the molecule is CC(C)C[C@H](NC(=O)[C@H](CCc1ccccc1)N1CCC(C(N)=O)CC1)C(=O)N[C@@H](Cc1ccccc1)C(=O)N[C@@H](CC(C)C)C(=O)[C@@]1(C)CO1. The van der Waals surface area contributed by atoms with E-state index in [1.165, 1.54) is 0 Å². The van der Waals surface area contributed by atoms with Crippen molar-refractivity contribution in [1.82, 2.24) is 20.9 Å². The molecule has 0 spiro atoms. The number of carbonyl (C=O) groups excluding carboxylic acids is 5. The molecule has 5 atom stereocenters. The summed E-state index contributed by atoms with van der Waals surface area (Å²) in [5, 5.41) is 8.94. The van der Waals surface area contributed by atoms with Crippen LogP contribution in [0.3, 0.4) is 0 Å². The Balaban J connectivity index is 1.53. The largest absolute Gasteiger partial charge is 0.369 e. The highest BCUT2D eigenvalue weighted by Crippen LogP contribution is 2.30. The predicted molar refractivity (Wildman–Crippen MR) is 196 cm³/mol. The number of nitrogens with one attached hydrogen (secondary N) is 3. The van der Waals surface area contributed by atoms with Crippen LogP contribution in [0.1, 0.15) is 77.8 Å². The molecule has 0 radical (unpaired) electrons. The standard InChI is InChI=1S/C40H57N5O6/c1-26(2)22-31(35(46)40(5)25-51-40)42-38(49)33(24-29-14-10-7-11-15-29)43-37(48)32(23-27(3)4)44-39(50)34(17-16-28-12-8-6-9-13-28)45-20-18-30(19-21-45)36(41)47/h6-15,26-27,30-34H,16-25H2,1-5H3,(H2,41,47)(H,42,49)(H,43,48)(H,44,50)/t31-,32-,33-,34-,40+/m0/s1. The second-order valence-electron chi connectivity index (χ2n) is 15.3. The van der Waals surface area contributed by atoms with Crippen LogP contribution in [-0.2, 0) is 41.6 Å². The Kier molecular flexibility index (Phi) is 14.3. The van der Waals surface area contributed by atoms with Crippen molar-refractivity contribution in [3.63, 3.8) is 0 Å². The summed E-state index contributed by atoms with van der Waals surface area (Å²) in [6.45, 7) is 11.0. The number of rotatable bonds is 19. The maximum absolute atomic E-state index is 14.2. The van der Waals surface area contributed by atoms with Gasteiger partial charge in [-0.25, -0.2) is 0 Å². The van der Waals surface area contributed by atoms with Crippen molar-refractivity contribution in [3.8, 4) is 0 Å². The first kappa shape index (κ1) is 39.7. The zero-order chi connectivity index (χ0) is 37.1. The van der Waals surface area contributed by atoms with Crippen molar-refractivity contribution >= 4 is 29.4 Å². The summed E-state index contributed by atoms with van der Waals surface area (Å²) in [6, 6.07) is 16.1. The average Bonchev–Trinajstić information content (AvgIpc) is 3.85. The van der Waals surface area contributed by atoms with E-state index in [0.717, 1.165) is 11.1 Å². The van der Waals surface area contributed by atoms with Gasteiger partial charge in [0, 0.05) is 12.3 Å². The molecule has 2 aliphatic heterocycles. The first-order chi connectivity index (χ1) is 24.3. The molecule has 2 saturated heterocycles. The normalized spacial score (nSPS) is 20.2. The summed E-state index contributed by atoms with van der Waals surface area (Å²) in [5.41, 5.74) is 6.62. The van der Waals surface area contributed by atoms with Crippen molar-refractivity contribution in [1.29, 1.82) is 0 Å². The molecule has 0 bridgehead atoms. The highest BCUT2D eigenvalue weighted by Gasteiger charge is 2.50. The molecular weight excluding hydrogens is 646 g/mol. The van der Waals surface area contributed by atoms with Gasteiger partial charge in [0.25, 0.3) is 0 Å². The van der Waals surface area contributed by atoms with Gasteiger partial charge < -0.3 is 26.4 Å². The lowest BCUT2D eigenvalue weighted by Crippen LogP contribution is -2.59. The van der Waals surface area contributed by atoms with E-state index in [-0.39, 0.29) is 41.8 Å². The monoisotopic (exact) mass is 703 g/mol. The molecule has 51 heavy (non-hydrogen) atoms. The minimum absolute atomic E-state index is 0.0591. The molecule has 0 aliphatic carbocycles. The molecule has 0 saturated carbocycles. The second kappa shape index (κ2) is 18.4. The van der Waals surface area contributed by atoms with E-state index < -0.39 is 41.6 Å². The van der Waals surface area contributed by atoms with E-state index >= 15 is 0 Å². The van der Waals surface area contributed by atoms with Crippen molar-refractivity contribution in [2.24, 2.45) is 23.5 Å². The van der Waals surface area contributed by atoms with Crippen LogP contribution in [0.25, 0.3) is 0 Å². The number of ketones is 1. The molecule has 4 amide bonds. The predicted octanol–water partition coefficient (Wildman–Crippen LogP) is 3.33. The Morgan fingerprint density at radius 3 is 1.78 bits per heavy atom. The van der Waals surface area contributed by atoms with Gasteiger partial charge in [-0.15, -0.1) is 0 Å². The molecule has 5 N–H and O–H groups in total. The van der Waals surface area contributed by atoms with Gasteiger partial charge >= 0.3 is 0 Å². The molecule has 2 fully saturated rings. The average molecular weight is 704 g/mol. The zero-order valence-electron chi connectivity index (χ0n) is 30.9. The topological polar surface area (TPSA) is 163 Å². The van der Waals surface area contributed by atoms with Crippen LogP contribution in [0, 0.1) is 17.8 Å².